The third kappa shape index (κ3) is 14.2. The van der Waals surface area contributed by atoms with Crippen LogP contribution in [0.3, 0.4) is 0 Å². The molecule has 146 valence electrons. The minimum Gasteiger partial charge on any atom is -0.393 e. The van der Waals surface area contributed by atoms with Gasteiger partial charge in [-0.1, -0.05) is 90.9 Å². The van der Waals surface area contributed by atoms with Gasteiger partial charge in [-0.2, -0.15) is 8.42 Å². The average molecular weight is 365 g/mol. The lowest BCUT2D eigenvalue weighted by Gasteiger charge is -2.18. The molecule has 24 heavy (non-hydrogen) atoms. The Kier molecular flexibility index (Phi) is 15.1. The van der Waals surface area contributed by atoms with Crippen LogP contribution in [0, 0.1) is 0 Å². The van der Waals surface area contributed by atoms with Gasteiger partial charge in [-0.15, -0.1) is 0 Å². The van der Waals surface area contributed by atoms with Crippen LogP contribution in [0.5, 0.6) is 0 Å². The van der Waals surface area contributed by atoms with Crippen molar-refractivity contribution in [1.82, 2.24) is 0 Å². The first-order valence-corrected chi connectivity index (χ1v) is 11.6. The quantitative estimate of drug-likeness (QED) is 0.264. The molecule has 0 bridgehead atoms. The van der Waals surface area contributed by atoms with Crippen molar-refractivity contribution in [3.05, 3.63) is 0 Å². The first-order chi connectivity index (χ1) is 11.4. The summed E-state index contributed by atoms with van der Waals surface area (Å²) < 4.78 is 32.4. The molecule has 2 atom stereocenters. The summed E-state index contributed by atoms with van der Waals surface area (Å²) in [4.78, 5) is 0. The largest absolute Gasteiger partial charge is 0.393 e. The first kappa shape index (κ1) is 23.9. The van der Waals surface area contributed by atoms with Gasteiger partial charge in [-0.3, -0.25) is 4.55 Å². The molecule has 0 aromatic heterocycles. The maximum Gasteiger partial charge on any atom is 0.267 e. The highest BCUT2D eigenvalue weighted by molar-refractivity contribution is 7.86. The van der Waals surface area contributed by atoms with Crippen molar-refractivity contribution >= 4 is 10.1 Å². The van der Waals surface area contributed by atoms with Crippen LogP contribution in [-0.4, -0.2) is 29.4 Å². The van der Waals surface area contributed by atoms with Crippen LogP contribution in [0.4, 0.5) is 0 Å². The lowest BCUT2D eigenvalue weighted by molar-refractivity contribution is 0.146. The van der Waals surface area contributed by atoms with Crippen LogP contribution in [0.2, 0.25) is 0 Å². The van der Waals surface area contributed by atoms with Crippen LogP contribution in [-0.2, 0) is 10.1 Å². The molecule has 0 saturated heterocycles. The Morgan fingerprint density at radius 1 is 0.708 bits per heavy atom. The second-order valence-electron chi connectivity index (χ2n) is 7.14. The summed E-state index contributed by atoms with van der Waals surface area (Å²) in [7, 11) is -4.06. The fourth-order valence-electron chi connectivity index (χ4n) is 3.12. The van der Waals surface area contributed by atoms with Crippen molar-refractivity contribution in [3.63, 3.8) is 0 Å². The molecule has 0 saturated carbocycles. The van der Waals surface area contributed by atoms with Crippen molar-refractivity contribution < 1.29 is 18.1 Å². The Morgan fingerprint density at radius 3 is 1.58 bits per heavy atom. The number of unbranched alkanes of at least 4 members (excludes halogenated alkanes) is 10. The summed E-state index contributed by atoms with van der Waals surface area (Å²) in [6, 6.07) is 0. The molecule has 0 spiro atoms. The fourth-order valence-corrected chi connectivity index (χ4v) is 4.05. The Hall–Kier alpha value is -0.130. The van der Waals surface area contributed by atoms with Crippen molar-refractivity contribution in [2.75, 3.05) is 0 Å². The van der Waals surface area contributed by atoms with Crippen molar-refractivity contribution in [3.8, 4) is 0 Å². The Labute approximate surface area is 150 Å². The second-order valence-corrected chi connectivity index (χ2v) is 8.84. The first-order valence-electron chi connectivity index (χ1n) is 10.1. The third-order valence-corrected chi connectivity index (χ3v) is 6.00. The molecular formula is C19H40O4S. The fraction of sp³-hybridized carbons (Fsp3) is 1.00. The van der Waals surface area contributed by atoms with E-state index < -0.39 is 21.5 Å². The van der Waals surface area contributed by atoms with Crippen molar-refractivity contribution in [2.45, 2.75) is 122 Å². The number of aliphatic hydroxyl groups excluding tert-OH is 1. The van der Waals surface area contributed by atoms with Crippen molar-refractivity contribution in [2.24, 2.45) is 0 Å². The van der Waals surface area contributed by atoms with Gasteiger partial charge in [-0.25, -0.2) is 0 Å². The third-order valence-electron chi connectivity index (χ3n) is 4.73. The van der Waals surface area contributed by atoms with Gasteiger partial charge < -0.3 is 5.11 Å². The summed E-state index contributed by atoms with van der Waals surface area (Å²) in [5.41, 5.74) is 0. The molecule has 0 heterocycles. The normalized spacial score (nSPS) is 14.7. The predicted octanol–water partition coefficient (Wildman–Crippen LogP) is 5.50. The molecule has 2 N–H and O–H groups in total. The lowest BCUT2D eigenvalue weighted by atomic mass is 10.0. The smallest absolute Gasteiger partial charge is 0.267 e. The molecule has 0 aliphatic carbocycles. The van der Waals surface area contributed by atoms with Gasteiger partial charge in [0.2, 0.25) is 0 Å². The van der Waals surface area contributed by atoms with E-state index in [1.165, 1.54) is 32.1 Å². The van der Waals surface area contributed by atoms with Gasteiger partial charge in [0.1, 0.15) is 0 Å². The number of aliphatic hydroxyl groups is 1. The zero-order valence-corrected chi connectivity index (χ0v) is 16.7. The van der Waals surface area contributed by atoms with E-state index in [1.54, 1.807) is 0 Å². The van der Waals surface area contributed by atoms with Crippen LogP contribution in [0.15, 0.2) is 0 Å². The standard InChI is InChI=1S/C19H40O4S/c1-3-5-7-9-10-12-13-15-18(20)17-19(24(21,22)23)16-14-11-8-6-4-2/h18-20H,3-17H2,1-2H3,(H,21,22,23). The van der Waals surface area contributed by atoms with Gasteiger partial charge in [-0.05, 0) is 19.3 Å². The maximum atomic E-state index is 11.5. The van der Waals surface area contributed by atoms with E-state index in [9.17, 15) is 18.1 Å². The Morgan fingerprint density at radius 2 is 1.12 bits per heavy atom. The molecule has 0 amide bonds. The molecule has 0 rings (SSSR count). The molecule has 0 aliphatic heterocycles. The average Bonchev–Trinajstić information content (AvgIpc) is 2.51. The lowest BCUT2D eigenvalue weighted by Crippen LogP contribution is -2.26. The van der Waals surface area contributed by atoms with Gasteiger partial charge in [0.25, 0.3) is 10.1 Å². The molecule has 0 radical (unpaired) electrons. The molecule has 0 aromatic carbocycles. The highest BCUT2D eigenvalue weighted by atomic mass is 32.2. The summed E-state index contributed by atoms with van der Waals surface area (Å²) >= 11 is 0. The van der Waals surface area contributed by atoms with E-state index in [2.05, 4.69) is 13.8 Å². The Balaban J connectivity index is 3.93. The maximum absolute atomic E-state index is 11.5. The van der Waals surface area contributed by atoms with Gasteiger partial charge >= 0.3 is 0 Å². The molecule has 2 unspecified atom stereocenters. The molecular weight excluding hydrogens is 324 g/mol. The minimum atomic E-state index is -4.06. The summed E-state index contributed by atoms with van der Waals surface area (Å²) in [6.07, 6.45) is 14.1. The van der Waals surface area contributed by atoms with Crippen LogP contribution in [0.1, 0.15) is 110 Å². The van der Waals surface area contributed by atoms with Crippen LogP contribution in [0.25, 0.3) is 0 Å². The molecule has 5 heteroatoms. The monoisotopic (exact) mass is 364 g/mol. The van der Waals surface area contributed by atoms with E-state index in [1.807, 2.05) is 0 Å². The van der Waals surface area contributed by atoms with Crippen LogP contribution < -0.4 is 0 Å². The van der Waals surface area contributed by atoms with E-state index >= 15 is 0 Å². The second kappa shape index (κ2) is 15.2. The minimum absolute atomic E-state index is 0.169. The van der Waals surface area contributed by atoms with Gasteiger partial charge in [0, 0.05) is 0 Å². The van der Waals surface area contributed by atoms with Crippen LogP contribution >= 0.6 is 0 Å². The SMILES string of the molecule is CCCCCCCCCC(O)CC(CCCCCCC)S(=O)(=O)O. The van der Waals surface area contributed by atoms with E-state index in [4.69, 9.17) is 0 Å². The van der Waals surface area contributed by atoms with Gasteiger partial charge in [0.05, 0.1) is 11.4 Å². The molecule has 0 aromatic rings. The molecule has 0 fully saturated rings. The highest BCUT2D eigenvalue weighted by Crippen LogP contribution is 2.19. The molecule has 0 aliphatic rings. The summed E-state index contributed by atoms with van der Waals surface area (Å²) in [5.74, 6) is 0. The molecule has 4 nitrogen and oxygen atoms in total. The van der Waals surface area contributed by atoms with E-state index in [0.29, 0.717) is 12.8 Å². The number of hydrogen-bond acceptors (Lipinski definition) is 3. The predicted molar refractivity (Wildman–Crippen MR) is 102 cm³/mol. The highest BCUT2D eigenvalue weighted by Gasteiger charge is 2.25. The summed E-state index contributed by atoms with van der Waals surface area (Å²) in [6.45, 7) is 4.34. The zero-order chi connectivity index (χ0) is 18.3. The van der Waals surface area contributed by atoms with E-state index in [0.717, 1.165) is 44.9 Å². The van der Waals surface area contributed by atoms with E-state index in [-0.39, 0.29) is 6.42 Å². The number of hydrogen-bond donors (Lipinski definition) is 2. The van der Waals surface area contributed by atoms with Crippen molar-refractivity contribution in [1.29, 1.82) is 0 Å². The Bertz CT molecular complexity index is 368. The zero-order valence-electron chi connectivity index (χ0n) is 15.9. The topological polar surface area (TPSA) is 74.6 Å². The number of rotatable bonds is 17. The van der Waals surface area contributed by atoms with Gasteiger partial charge in [0.15, 0.2) is 0 Å². The summed E-state index contributed by atoms with van der Waals surface area (Å²) in [5, 5.41) is 9.28.